The molecule has 5 rings (SSSR count). The number of aryl methyl sites for hydroxylation is 1. The highest BCUT2D eigenvalue weighted by Crippen LogP contribution is 2.47. The zero-order chi connectivity index (χ0) is 21.4. The molecule has 0 N–H and O–H groups in total. The van der Waals surface area contributed by atoms with Crippen molar-refractivity contribution in [2.45, 2.75) is 38.6 Å². The van der Waals surface area contributed by atoms with Crippen molar-refractivity contribution in [1.29, 1.82) is 0 Å². The van der Waals surface area contributed by atoms with Crippen molar-refractivity contribution in [2.75, 3.05) is 25.5 Å². The number of fused-ring (bicyclic) bond motifs is 5. The molecule has 9 heteroatoms. The summed E-state index contributed by atoms with van der Waals surface area (Å²) in [4.78, 5) is 61.5. The first-order valence-corrected chi connectivity index (χ1v) is 10.2. The number of aromatic nitrogens is 2. The number of pyridine rings is 1. The van der Waals surface area contributed by atoms with Crippen LogP contribution in [0.15, 0.2) is 23.1 Å². The van der Waals surface area contributed by atoms with Crippen LogP contribution >= 0.6 is 0 Å². The average molecular weight is 409 g/mol. The summed E-state index contributed by atoms with van der Waals surface area (Å²) in [5, 5.41) is 0. The maximum absolute atomic E-state index is 13.5. The Balaban J connectivity index is 1.81. The molecule has 4 amide bonds. The molecule has 156 valence electrons. The molecule has 9 nitrogen and oxygen atoms in total. The molecular weight excluding hydrogens is 386 g/mol. The van der Waals surface area contributed by atoms with Crippen molar-refractivity contribution >= 4 is 29.3 Å². The Morgan fingerprint density at radius 2 is 1.77 bits per heavy atom. The van der Waals surface area contributed by atoms with E-state index in [9.17, 15) is 19.2 Å². The molecule has 0 aromatic carbocycles. The predicted octanol–water partition coefficient (Wildman–Crippen LogP) is 0.955. The molecule has 3 aliphatic heterocycles. The van der Waals surface area contributed by atoms with Crippen LogP contribution in [-0.2, 0) is 16.0 Å². The number of hydrogen-bond acceptors (Lipinski definition) is 6. The Morgan fingerprint density at radius 3 is 2.47 bits per heavy atom. The van der Waals surface area contributed by atoms with E-state index in [4.69, 9.17) is 4.98 Å². The number of piperidine rings is 1. The van der Waals surface area contributed by atoms with Gasteiger partial charge >= 0.3 is 6.03 Å². The van der Waals surface area contributed by atoms with Crippen molar-refractivity contribution in [3.63, 3.8) is 0 Å². The van der Waals surface area contributed by atoms with E-state index in [2.05, 4.69) is 0 Å². The van der Waals surface area contributed by atoms with E-state index in [1.807, 2.05) is 17.9 Å². The first kappa shape index (κ1) is 18.8. The highest BCUT2D eigenvalue weighted by Gasteiger charge is 2.64. The minimum absolute atomic E-state index is 0.0498. The van der Waals surface area contributed by atoms with Crippen LogP contribution in [0.25, 0.3) is 5.65 Å². The van der Waals surface area contributed by atoms with Gasteiger partial charge in [-0.05, 0) is 37.8 Å². The maximum atomic E-state index is 13.5. The van der Waals surface area contributed by atoms with Crippen LogP contribution < -0.4 is 10.5 Å². The van der Waals surface area contributed by atoms with E-state index in [1.165, 1.54) is 18.5 Å². The monoisotopic (exact) mass is 409 g/mol. The molecule has 0 radical (unpaired) electrons. The second kappa shape index (κ2) is 6.13. The molecule has 5 heterocycles. The number of nitrogens with zero attached hydrogens (tertiary/aromatic N) is 5. The van der Waals surface area contributed by atoms with Crippen molar-refractivity contribution in [3.8, 4) is 0 Å². The molecule has 1 atom stereocenters. The maximum Gasteiger partial charge on any atom is 0.332 e. The van der Waals surface area contributed by atoms with Gasteiger partial charge in [-0.3, -0.25) is 28.6 Å². The summed E-state index contributed by atoms with van der Waals surface area (Å²) in [6, 6.07) is 2.59. The Labute approximate surface area is 172 Å². The summed E-state index contributed by atoms with van der Waals surface area (Å²) in [7, 11) is 2.79. The van der Waals surface area contributed by atoms with Gasteiger partial charge in [0.05, 0.1) is 11.6 Å². The number of imide groups is 2. The minimum Gasteiger partial charge on any atom is -0.352 e. The summed E-state index contributed by atoms with van der Waals surface area (Å²) in [5.74, 6) is -0.508. The largest absolute Gasteiger partial charge is 0.352 e. The van der Waals surface area contributed by atoms with Crippen LogP contribution in [0.5, 0.6) is 0 Å². The van der Waals surface area contributed by atoms with E-state index < -0.39 is 29.3 Å². The SMILES string of the molecule is Cc1cccn2c(=O)c3c(nc12)N1CCCC[C@H]1C1(C3)C(=O)N(C)C(=O)N(C)C1=O. The second-order valence-corrected chi connectivity index (χ2v) is 8.47. The third kappa shape index (κ3) is 2.15. The van der Waals surface area contributed by atoms with Gasteiger partial charge in [0.1, 0.15) is 11.5 Å². The van der Waals surface area contributed by atoms with Crippen LogP contribution in [0.3, 0.4) is 0 Å². The summed E-state index contributed by atoms with van der Waals surface area (Å²) < 4.78 is 1.47. The number of urea groups is 1. The van der Waals surface area contributed by atoms with Gasteiger partial charge in [0.2, 0.25) is 11.8 Å². The quantitative estimate of drug-likeness (QED) is 0.602. The van der Waals surface area contributed by atoms with Gasteiger partial charge in [0, 0.05) is 33.3 Å². The first-order valence-electron chi connectivity index (χ1n) is 10.2. The third-order valence-electron chi connectivity index (χ3n) is 6.87. The van der Waals surface area contributed by atoms with E-state index in [0.717, 1.165) is 28.2 Å². The fraction of sp³-hybridized carbons (Fsp3) is 0.476. The molecular formula is C21H23N5O4. The molecule has 3 aliphatic rings. The normalized spacial score (nSPS) is 23.2. The van der Waals surface area contributed by atoms with E-state index in [1.54, 1.807) is 12.3 Å². The van der Waals surface area contributed by atoms with Crippen LogP contribution in [0.1, 0.15) is 30.4 Å². The molecule has 2 aromatic rings. The van der Waals surface area contributed by atoms with Crippen molar-refractivity contribution < 1.29 is 14.4 Å². The Hall–Kier alpha value is -3.23. The van der Waals surface area contributed by atoms with Gasteiger partial charge in [0.25, 0.3) is 5.56 Å². The highest BCUT2D eigenvalue weighted by molar-refractivity contribution is 6.20. The number of amides is 4. The molecule has 2 aromatic heterocycles. The van der Waals surface area contributed by atoms with Gasteiger partial charge < -0.3 is 4.90 Å². The molecule has 0 unspecified atom stereocenters. The van der Waals surface area contributed by atoms with Gasteiger partial charge in [-0.1, -0.05) is 6.07 Å². The fourth-order valence-electron chi connectivity index (χ4n) is 5.33. The Kier molecular flexibility index (Phi) is 3.84. The molecule has 30 heavy (non-hydrogen) atoms. The third-order valence-corrected chi connectivity index (χ3v) is 6.87. The molecule has 2 fully saturated rings. The van der Waals surface area contributed by atoms with Crippen molar-refractivity contribution in [2.24, 2.45) is 5.41 Å². The lowest BCUT2D eigenvalue weighted by Gasteiger charge is -2.53. The van der Waals surface area contributed by atoms with E-state index in [0.29, 0.717) is 30.0 Å². The fourth-order valence-corrected chi connectivity index (χ4v) is 5.33. The molecule has 0 aliphatic carbocycles. The average Bonchev–Trinajstić information content (AvgIpc) is 2.76. The number of rotatable bonds is 0. The van der Waals surface area contributed by atoms with Crippen LogP contribution in [0.2, 0.25) is 0 Å². The summed E-state index contributed by atoms with van der Waals surface area (Å²) in [5.41, 5.74) is 0.0383. The van der Waals surface area contributed by atoms with Crippen molar-refractivity contribution in [1.82, 2.24) is 19.2 Å². The summed E-state index contributed by atoms with van der Waals surface area (Å²) in [6.45, 7) is 2.51. The Morgan fingerprint density at radius 1 is 1.07 bits per heavy atom. The summed E-state index contributed by atoms with van der Waals surface area (Å²) in [6.07, 6.45) is 3.98. The second-order valence-electron chi connectivity index (χ2n) is 8.47. The van der Waals surface area contributed by atoms with Crippen LogP contribution in [0.4, 0.5) is 10.6 Å². The zero-order valence-corrected chi connectivity index (χ0v) is 17.2. The van der Waals surface area contributed by atoms with Gasteiger partial charge in [0.15, 0.2) is 5.41 Å². The lowest BCUT2D eigenvalue weighted by molar-refractivity contribution is -0.159. The smallest absolute Gasteiger partial charge is 0.332 e. The standard InChI is InChI=1S/C21H23N5O4/c1-12-7-6-10-26-15(12)22-16-13(17(26)27)11-21(14-8-4-5-9-25(14)16)18(28)23(2)20(30)24(3)19(21)29/h6-7,10,14H,4-5,8-9,11H2,1-3H3/t14-/m0/s1. The molecule has 0 bridgehead atoms. The van der Waals surface area contributed by atoms with Crippen LogP contribution in [-0.4, -0.2) is 63.7 Å². The number of barbiturate groups is 1. The first-order chi connectivity index (χ1) is 14.3. The molecule has 2 saturated heterocycles. The van der Waals surface area contributed by atoms with Crippen molar-refractivity contribution in [3.05, 3.63) is 39.8 Å². The van der Waals surface area contributed by atoms with E-state index >= 15 is 0 Å². The topological polar surface area (TPSA) is 95.3 Å². The Bertz CT molecular complexity index is 1160. The number of carbonyl (C=O) groups is 3. The lowest BCUT2D eigenvalue weighted by Crippen LogP contribution is -2.72. The number of hydrogen-bond donors (Lipinski definition) is 0. The van der Waals surface area contributed by atoms with E-state index in [-0.39, 0.29) is 12.0 Å². The molecule has 0 saturated carbocycles. The molecule has 1 spiro atoms. The van der Waals surface area contributed by atoms with Crippen LogP contribution in [0, 0.1) is 12.3 Å². The van der Waals surface area contributed by atoms with Gasteiger partial charge in [-0.2, -0.15) is 0 Å². The predicted molar refractivity (Wildman–Crippen MR) is 108 cm³/mol. The summed E-state index contributed by atoms with van der Waals surface area (Å²) >= 11 is 0. The number of anilines is 1. The van der Waals surface area contributed by atoms with Gasteiger partial charge in [-0.15, -0.1) is 0 Å². The zero-order valence-electron chi connectivity index (χ0n) is 17.2. The minimum atomic E-state index is -1.50. The van der Waals surface area contributed by atoms with Gasteiger partial charge in [-0.25, -0.2) is 9.78 Å². The number of carbonyl (C=O) groups excluding carboxylic acids is 3. The lowest BCUT2D eigenvalue weighted by atomic mass is 9.66. The highest BCUT2D eigenvalue weighted by atomic mass is 16.2.